The van der Waals surface area contributed by atoms with Gasteiger partial charge < -0.3 is 4.90 Å². The van der Waals surface area contributed by atoms with Gasteiger partial charge in [0.25, 0.3) is 0 Å². The first-order valence-electron chi connectivity index (χ1n) is 10.4. The van der Waals surface area contributed by atoms with Crippen molar-refractivity contribution < 1.29 is 14.0 Å². The van der Waals surface area contributed by atoms with E-state index in [4.69, 9.17) is 0 Å². The molecule has 0 fully saturated rings. The van der Waals surface area contributed by atoms with Crippen LogP contribution >= 0.6 is 0 Å². The number of ketones is 1. The van der Waals surface area contributed by atoms with Gasteiger partial charge in [0.05, 0.1) is 0 Å². The number of Topliss-reactive ketones (excluding diaryl/α,β-unsaturated/α-hetero) is 1. The molecule has 160 valence electrons. The fraction of sp³-hybridized carbons (Fsp3) is 0.269. The maximum atomic E-state index is 14.6. The van der Waals surface area contributed by atoms with Crippen LogP contribution < -0.4 is 0 Å². The molecule has 0 radical (unpaired) electrons. The number of carbonyl (C=O) groups excluding carboxylic acids is 2. The molecule has 0 unspecified atom stereocenters. The summed E-state index contributed by atoms with van der Waals surface area (Å²) in [5, 5.41) is 0. The molecule has 0 aliphatic rings. The smallest absolute Gasteiger partial charge is 0.222 e. The Labute approximate surface area is 182 Å². The molecular formula is C26H27FN2O2. The number of benzene rings is 2. The monoisotopic (exact) mass is 418 g/mol. The van der Waals surface area contributed by atoms with Gasteiger partial charge in [-0.2, -0.15) is 0 Å². The van der Waals surface area contributed by atoms with Gasteiger partial charge in [0.2, 0.25) is 5.91 Å². The standard InChI is InChI=1S/C26H27FN2O2/c1-4-26(31)29(3)17-23-13-12-22(15-24(23)27)20-8-10-21(11-9-20)25(30)14-7-19-6-5-18(2)28-16-19/h5-6,8-13,15-16H,4,7,14,17H2,1-3H3. The lowest BCUT2D eigenvalue weighted by Crippen LogP contribution is -2.25. The lowest BCUT2D eigenvalue weighted by atomic mass is 9.99. The molecular weight excluding hydrogens is 391 g/mol. The van der Waals surface area contributed by atoms with Crippen molar-refractivity contribution >= 4 is 11.7 Å². The maximum absolute atomic E-state index is 14.6. The van der Waals surface area contributed by atoms with Crippen molar-refractivity contribution in [1.29, 1.82) is 0 Å². The van der Waals surface area contributed by atoms with Crippen molar-refractivity contribution in [3.8, 4) is 11.1 Å². The predicted octanol–water partition coefficient (Wildman–Crippen LogP) is 5.38. The van der Waals surface area contributed by atoms with E-state index in [2.05, 4.69) is 4.98 Å². The fourth-order valence-corrected chi connectivity index (χ4v) is 3.37. The number of hydrogen-bond acceptors (Lipinski definition) is 3. The van der Waals surface area contributed by atoms with Crippen LogP contribution in [0, 0.1) is 12.7 Å². The molecule has 0 aliphatic carbocycles. The van der Waals surface area contributed by atoms with Gasteiger partial charge in [-0.15, -0.1) is 0 Å². The van der Waals surface area contributed by atoms with Crippen LogP contribution in [0.3, 0.4) is 0 Å². The van der Waals surface area contributed by atoms with E-state index >= 15 is 0 Å². The van der Waals surface area contributed by atoms with E-state index in [-0.39, 0.29) is 24.1 Å². The summed E-state index contributed by atoms with van der Waals surface area (Å²) in [7, 11) is 1.67. The molecule has 1 aromatic heterocycles. The third-order valence-electron chi connectivity index (χ3n) is 5.34. The molecule has 1 amide bonds. The van der Waals surface area contributed by atoms with Gasteiger partial charge in [0.15, 0.2) is 5.78 Å². The Morgan fingerprint density at radius 1 is 1.00 bits per heavy atom. The second-order valence-corrected chi connectivity index (χ2v) is 7.72. The Morgan fingerprint density at radius 2 is 1.71 bits per heavy atom. The average Bonchev–Trinajstić information content (AvgIpc) is 2.79. The second-order valence-electron chi connectivity index (χ2n) is 7.72. The molecule has 0 saturated heterocycles. The Bertz CT molecular complexity index is 1060. The molecule has 2 aromatic carbocycles. The highest BCUT2D eigenvalue weighted by Crippen LogP contribution is 2.24. The van der Waals surface area contributed by atoms with E-state index in [9.17, 15) is 14.0 Å². The molecule has 0 saturated carbocycles. The predicted molar refractivity (Wildman–Crippen MR) is 120 cm³/mol. The van der Waals surface area contributed by atoms with E-state index in [1.165, 1.54) is 11.0 Å². The number of pyridine rings is 1. The molecule has 31 heavy (non-hydrogen) atoms. The molecule has 3 rings (SSSR count). The number of hydrogen-bond donors (Lipinski definition) is 0. The maximum Gasteiger partial charge on any atom is 0.222 e. The number of nitrogens with zero attached hydrogens (tertiary/aromatic N) is 2. The van der Waals surface area contributed by atoms with E-state index in [0.29, 0.717) is 30.4 Å². The van der Waals surface area contributed by atoms with E-state index in [1.807, 2.05) is 37.3 Å². The lowest BCUT2D eigenvalue weighted by molar-refractivity contribution is -0.130. The largest absolute Gasteiger partial charge is 0.341 e. The summed E-state index contributed by atoms with van der Waals surface area (Å²) in [5.41, 5.74) is 4.68. The summed E-state index contributed by atoms with van der Waals surface area (Å²) in [6, 6.07) is 16.2. The summed E-state index contributed by atoms with van der Waals surface area (Å²) >= 11 is 0. The summed E-state index contributed by atoms with van der Waals surface area (Å²) in [5.74, 6) is -0.306. The van der Waals surface area contributed by atoms with Crippen molar-refractivity contribution in [3.63, 3.8) is 0 Å². The van der Waals surface area contributed by atoms with Crippen LogP contribution in [0.5, 0.6) is 0 Å². The van der Waals surface area contributed by atoms with Gasteiger partial charge in [-0.25, -0.2) is 4.39 Å². The highest BCUT2D eigenvalue weighted by atomic mass is 19.1. The summed E-state index contributed by atoms with van der Waals surface area (Å²) in [6.45, 7) is 3.96. The van der Waals surface area contributed by atoms with Gasteiger partial charge in [-0.1, -0.05) is 49.4 Å². The summed E-state index contributed by atoms with van der Waals surface area (Å²) in [6.07, 6.45) is 3.26. The minimum Gasteiger partial charge on any atom is -0.341 e. The van der Waals surface area contributed by atoms with Crippen LogP contribution in [0.1, 0.15) is 46.9 Å². The number of amides is 1. The van der Waals surface area contributed by atoms with Crippen LogP contribution in [0.15, 0.2) is 60.8 Å². The minimum absolute atomic E-state index is 0.0256. The van der Waals surface area contributed by atoms with Gasteiger partial charge >= 0.3 is 0 Å². The minimum atomic E-state index is -0.347. The third kappa shape index (κ3) is 5.85. The Kier molecular flexibility index (Phi) is 7.29. The zero-order chi connectivity index (χ0) is 22.4. The quantitative estimate of drug-likeness (QED) is 0.462. The van der Waals surface area contributed by atoms with Crippen LogP contribution in [-0.4, -0.2) is 28.6 Å². The normalized spacial score (nSPS) is 10.7. The zero-order valence-electron chi connectivity index (χ0n) is 18.2. The van der Waals surface area contributed by atoms with Crippen LogP contribution in [0.2, 0.25) is 0 Å². The molecule has 4 nitrogen and oxygen atoms in total. The highest BCUT2D eigenvalue weighted by molar-refractivity contribution is 5.96. The number of rotatable bonds is 8. The first-order valence-corrected chi connectivity index (χ1v) is 10.4. The molecule has 0 bridgehead atoms. The summed E-state index contributed by atoms with van der Waals surface area (Å²) in [4.78, 5) is 30.0. The molecule has 0 N–H and O–H groups in total. The van der Waals surface area contributed by atoms with E-state index < -0.39 is 0 Å². The number of carbonyl (C=O) groups is 2. The lowest BCUT2D eigenvalue weighted by Gasteiger charge is -2.17. The highest BCUT2D eigenvalue weighted by Gasteiger charge is 2.12. The van der Waals surface area contributed by atoms with Gasteiger partial charge in [0, 0.05) is 49.5 Å². The molecule has 0 spiro atoms. The second kappa shape index (κ2) is 10.1. The number of aromatic nitrogens is 1. The average molecular weight is 419 g/mol. The first-order chi connectivity index (χ1) is 14.9. The SMILES string of the molecule is CCC(=O)N(C)Cc1ccc(-c2ccc(C(=O)CCc3ccc(C)nc3)cc2)cc1F. The van der Waals surface area contributed by atoms with E-state index in [0.717, 1.165) is 22.4 Å². The Balaban J connectivity index is 1.65. The summed E-state index contributed by atoms with van der Waals surface area (Å²) < 4.78 is 14.6. The fourth-order valence-electron chi connectivity index (χ4n) is 3.37. The zero-order valence-corrected chi connectivity index (χ0v) is 18.2. The van der Waals surface area contributed by atoms with Gasteiger partial charge in [-0.05, 0) is 42.2 Å². The number of aryl methyl sites for hydroxylation is 2. The van der Waals surface area contributed by atoms with Crippen LogP contribution in [0.4, 0.5) is 4.39 Å². The van der Waals surface area contributed by atoms with Gasteiger partial charge in [0.1, 0.15) is 5.82 Å². The van der Waals surface area contributed by atoms with Crippen LogP contribution in [0.25, 0.3) is 11.1 Å². The van der Waals surface area contributed by atoms with Crippen molar-refractivity contribution in [2.24, 2.45) is 0 Å². The first kappa shape index (κ1) is 22.3. The Morgan fingerprint density at radius 3 is 2.32 bits per heavy atom. The topological polar surface area (TPSA) is 50.3 Å². The van der Waals surface area contributed by atoms with Crippen molar-refractivity contribution in [1.82, 2.24) is 9.88 Å². The Hall–Kier alpha value is -3.34. The van der Waals surface area contributed by atoms with Crippen molar-refractivity contribution in [2.45, 2.75) is 39.7 Å². The molecule has 3 aromatic rings. The van der Waals surface area contributed by atoms with Crippen molar-refractivity contribution in [2.75, 3.05) is 7.05 Å². The van der Waals surface area contributed by atoms with Gasteiger partial charge in [-0.3, -0.25) is 14.6 Å². The van der Waals surface area contributed by atoms with Crippen molar-refractivity contribution in [3.05, 3.63) is 89.0 Å². The number of halogens is 1. The molecule has 0 aliphatic heterocycles. The third-order valence-corrected chi connectivity index (χ3v) is 5.34. The molecule has 0 atom stereocenters. The van der Waals surface area contributed by atoms with Crippen LogP contribution in [-0.2, 0) is 17.8 Å². The molecule has 1 heterocycles. The molecule has 5 heteroatoms. The van der Waals surface area contributed by atoms with E-state index in [1.54, 1.807) is 38.4 Å².